The first-order valence-electron chi connectivity index (χ1n) is 9.81. The summed E-state index contributed by atoms with van der Waals surface area (Å²) in [5.41, 5.74) is -0.200. The van der Waals surface area contributed by atoms with E-state index in [0.29, 0.717) is 24.9 Å². The van der Waals surface area contributed by atoms with Crippen molar-refractivity contribution in [3.8, 4) is 0 Å². The Morgan fingerprint density at radius 1 is 0.923 bits per heavy atom. The van der Waals surface area contributed by atoms with Crippen LogP contribution in [0.4, 0.5) is 0 Å². The van der Waals surface area contributed by atoms with Gasteiger partial charge in [-0.05, 0) is 19.3 Å². The molecule has 5 rings (SSSR count). The van der Waals surface area contributed by atoms with Gasteiger partial charge in [-0.3, -0.25) is 0 Å². The number of epoxide rings is 4. The van der Waals surface area contributed by atoms with Gasteiger partial charge in [0.05, 0.1) is 56.9 Å². The van der Waals surface area contributed by atoms with E-state index in [1.165, 1.54) is 0 Å². The molecule has 0 radical (unpaired) electrons. The molecule has 26 heavy (non-hydrogen) atoms. The predicted molar refractivity (Wildman–Crippen MR) is 99.7 cm³/mol. The fraction of sp³-hybridized carbons (Fsp3) is 1.00. The molecule has 4 aliphatic heterocycles. The molecule has 0 aromatic rings. The number of ether oxygens (including phenoxy) is 6. The van der Waals surface area contributed by atoms with E-state index in [2.05, 4.69) is 0 Å². The molecular formula is C18H28O6S2. The van der Waals surface area contributed by atoms with E-state index in [4.69, 9.17) is 28.4 Å². The minimum absolute atomic E-state index is 0.200. The molecule has 0 aromatic carbocycles. The van der Waals surface area contributed by atoms with Crippen molar-refractivity contribution in [1.29, 1.82) is 0 Å². The Morgan fingerprint density at radius 3 is 2.42 bits per heavy atom. The highest BCUT2D eigenvalue weighted by Crippen LogP contribution is 2.47. The molecular weight excluding hydrogens is 376 g/mol. The van der Waals surface area contributed by atoms with Crippen molar-refractivity contribution >= 4 is 21.6 Å². The third-order valence-corrected chi connectivity index (χ3v) is 8.11. The van der Waals surface area contributed by atoms with E-state index in [1.807, 2.05) is 21.6 Å². The van der Waals surface area contributed by atoms with Crippen LogP contribution in [0, 0.1) is 0 Å². The van der Waals surface area contributed by atoms with E-state index < -0.39 is 0 Å². The second-order valence-electron chi connectivity index (χ2n) is 7.96. The summed E-state index contributed by atoms with van der Waals surface area (Å²) >= 11 is 0. The van der Waals surface area contributed by atoms with Crippen LogP contribution in [-0.4, -0.2) is 86.8 Å². The lowest BCUT2D eigenvalue weighted by Gasteiger charge is -2.40. The molecule has 4 saturated heterocycles. The van der Waals surface area contributed by atoms with Crippen molar-refractivity contribution in [2.45, 2.75) is 67.9 Å². The van der Waals surface area contributed by atoms with Crippen LogP contribution >= 0.6 is 21.6 Å². The van der Waals surface area contributed by atoms with Crippen LogP contribution in [0.1, 0.15) is 25.7 Å². The lowest BCUT2D eigenvalue weighted by Crippen LogP contribution is -2.47. The summed E-state index contributed by atoms with van der Waals surface area (Å²) in [6.07, 6.45) is 6.10. The zero-order chi connectivity index (χ0) is 17.4. The average molecular weight is 405 g/mol. The molecule has 1 saturated carbocycles. The maximum absolute atomic E-state index is 6.46. The molecule has 5 aliphatic rings. The minimum atomic E-state index is -0.200. The largest absolute Gasteiger partial charge is 0.375 e. The highest BCUT2D eigenvalue weighted by molar-refractivity contribution is 8.76. The maximum Gasteiger partial charge on any atom is 0.114 e. The molecule has 8 heteroatoms. The van der Waals surface area contributed by atoms with Gasteiger partial charge < -0.3 is 28.4 Å². The highest BCUT2D eigenvalue weighted by Gasteiger charge is 2.57. The van der Waals surface area contributed by atoms with Gasteiger partial charge in [0.15, 0.2) is 0 Å². The predicted octanol–water partition coefficient (Wildman–Crippen LogP) is 2.05. The van der Waals surface area contributed by atoms with Gasteiger partial charge in [0, 0.05) is 17.9 Å². The summed E-state index contributed by atoms with van der Waals surface area (Å²) in [6.45, 7) is 4.02. The summed E-state index contributed by atoms with van der Waals surface area (Å²) in [4.78, 5) is 0. The highest BCUT2D eigenvalue weighted by atomic mass is 33.1. The molecule has 4 heterocycles. The van der Waals surface area contributed by atoms with Crippen LogP contribution in [0.25, 0.3) is 0 Å². The van der Waals surface area contributed by atoms with Crippen LogP contribution < -0.4 is 0 Å². The van der Waals surface area contributed by atoms with Crippen molar-refractivity contribution in [1.82, 2.24) is 0 Å². The van der Waals surface area contributed by atoms with Crippen molar-refractivity contribution < 1.29 is 28.4 Å². The lowest BCUT2D eigenvalue weighted by molar-refractivity contribution is -0.128. The molecule has 0 spiro atoms. The Balaban J connectivity index is 1.13. The Labute approximate surface area is 162 Å². The first kappa shape index (κ1) is 18.5. The first-order valence-corrected chi connectivity index (χ1v) is 12.3. The van der Waals surface area contributed by atoms with Crippen molar-refractivity contribution in [3.63, 3.8) is 0 Å². The molecule has 7 unspecified atom stereocenters. The summed E-state index contributed by atoms with van der Waals surface area (Å²) in [5, 5.41) is 0. The summed E-state index contributed by atoms with van der Waals surface area (Å²) in [5.74, 6) is 2.11. The van der Waals surface area contributed by atoms with Crippen molar-refractivity contribution in [3.05, 3.63) is 0 Å². The second kappa shape index (κ2) is 8.06. The average Bonchev–Trinajstić information content (AvgIpc) is 3.49. The minimum Gasteiger partial charge on any atom is -0.375 e. The second-order valence-corrected chi connectivity index (χ2v) is 10.5. The normalized spacial score (nSPS) is 46.2. The van der Waals surface area contributed by atoms with E-state index in [1.54, 1.807) is 0 Å². The van der Waals surface area contributed by atoms with Gasteiger partial charge in [0.1, 0.15) is 18.3 Å². The lowest BCUT2D eigenvalue weighted by atomic mass is 9.79. The van der Waals surface area contributed by atoms with Gasteiger partial charge in [-0.15, -0.1) is 0 Å². The van der Waals surface area contributed by atoms with Gasteiger partial charge in [0.2, 0.25) is 0 Å². The zero-order valence-electron chi connectivity index (χ0n) is 15.0. The third-order valence-electron chi connectivity index (χ3n) is 5.65. The fourth-order valence-electron chi connectivity index (χ4n) is 3.80. The topological polar surface area (TPSA) is 68.6 Å². The molecule has 0 aromatic heterocycles. The van der Waals surface area contributed by atoms with E-state index in [-0.39, 0.29) is 23.9 Å². The number of rotatable bonds is 12. The molecule has 148 valence electrons. The molecule has 6 nitrogen and oxygen atoms in total. The van der Waals surface area contributed by atoms with E-state index >= 15 is 0 Å². The monoisotopic (exact) mass is 404 g/mol. The Bertz CT molecular complexity index is 484. The van der Waals surface area contributed by atoms with Crippen LogP contribution in [0.15, 0.2) is 0 Å². The molecule has 1 aliphatic carbocycles. The Hall–Kier alpha value is 0.460. The van der Waals surface area contributed by atoms with E-state index in [9.17, 15) is 0 Å². The molecule has 0 bridgehead atoms. The Morgan fingerprint density at radius 2 is 1.65 bits per heavy atom. The standard InChI is InChI=1S/C18H28O6S2/c1-2-12(19-5-13-6-20-13)4-18(3-1,23-9-14-7-21-14)17-16(24-17)11-26-25-10-15-8-22-15/h12-17H,1-11H2. The van der Waals surface area contributed by atoms with Crippen LogP contribution in [0.3, 0.4) is 0 Å². The summed E-state index contributed by atoms with van der Waals surface area (Å²) < 4.78 is 34.6. The number of hydrogen-bond acceptors (Lipinski definition) is 8. The smallest absolute Gasteiger partial charge is 0.114 e. The van der Waals surface area contributed by atoms with Gasteiger partial charge in [0.25, 0.3) is 0 Å². The van der Waals surface area contributed by atoms with Crippen LogP contribution in [0.2, 0.25) is 0 Å². The van der Waals surface area contributed by atoms with Crippen LogP contribution in [0.5, 0.6) is 0 Å². The van der Waals surface area contributed by atoms with E-state index in [0.717, 1.165) is 63.6 Å². The summed E-state index contributed by atoms with van der Waals surface area (Å²) in [7, 11) is 3.80. The zero-order valence-corrected chi connectivity index (χ0v) is 16.6. The molecule has 0 N–H and O–H groups in total. The quantitative estimate of drug-likeness (QED) is 0.278. The Kier molecular flexibility index (Phi) is 5.73. The maximum atomic E-state index is 6.46. The van der Waals surface area contributed by atoms with Gasteiger partial charge in [-0.1, -0.05) is 21.6 Å². The van der Waals surface area contributed by atoms with Crippen molar-refractivity contribution in [2.75, 3.05) is 44.5 Å². The fourth-order valence-corrected chi connectivity index (χ4v) is 6.16. The molecule has 7 atom stereocenters. The summed E-state index contributed by atoms with van der Waals surface area (Å²) in [6, 6.07) is 0. The SMILES string of the molecule is C1CC(OCC2CO2)CC(OCC2CO2)(C2OC2CSSCC2CO2)C1. The first-order chi connectivity index (χ1) is 12.8. The van der Waals surface area contributed by atoms with Crippen LogP contribution in [-0.2, 0) is 28.4 Å². The molecule has 5 fully saturated rings. The number of hydrogen-bond donors (Lipinski definition) is 0. The van der Waals surface area contributed by atoms with Gasteiger partial charge in [-0.25, -0.2) is 0 Å². The third kappa shape index (κ3) is 5.08. The van der Waals surface area contributed by atoms with Gasteiger partial charge in [-0.2, -0.15) is 0 Å². The molecule has 0 amide bonds. The van der Waals surface area contributed by atoms with Crippen molar-refractivity contribution in [2.24, 2.45) is 0 Å². The van der Waals surface area contributed by atoms with Gasteiger partial charge >= 0.3 is 0 Å².